The van der Waals surface area contributed by atoms with Crippen molar-refractivity contribution in [2.24, 2.45) is 0 Å². The van der Waals surface area contributed by atoms with E-state index >= 15 is 0 Å². The van der Waals surface area contributed by atoms with Crippen molar-refractivity contribution in [2.75, 3.05) is 0 Å². The summed E-state index contributed by atoms with van der Waals surface area (Å²) in [5.41, 5.74) is 0. The molecular formula is C5AsN5Pb. The molecule has 0 unspecified atom stereocenters. The van der Waals surface area contributed by atoms with Crippen LogP contribution in [0.4, 0.5) is 0 Å². The molecule has 0 fully saturated rings. The Morgan fingerprint density at radius 1 is 0.750 bits per heavy atom. The van der Waals surface area contributed by atoms with Gasteiger partial charge in [-0.2, -0.15) is 0 Å². The topological polar surface area (TPSA) is 119 Å². The van der Waals surface area contributed by atoms with Crippen LogP contribution < -0.4 is 0 Å². The fourth-order valence-corrected chi connectivity index (χ4v) is 0.568. The molecule has 0 aromatic heterocycles. The van der Waals surface area contributed by atoms with Crippen LogP contribution in [-0.4, -0.2) is 38.9 Å². The van der Waals surface area contributed by atoms with Crippen molar-refractivity contribution in [2.45, 2.75) is 0 Å². The first kappa shape index (κ1) is 13.5. The zero-order chi connectivity index (χ0) is 9.82. The van der Waals surface area contributed by atoms with Crippen molar-refractivity contribution in [3.05, 3.63) is 0 Å². The molecule has 0 rings (SSSR count). The first-order valence-corrected chi connectivity index (χ1v) is 8.99. The Balaban J connectivity index is 0. The fraction of sp³-hybridized carbons (Fsp3) is 0. The van der Waals surface area contributed by atoms with E-state index in [0.717, 1.165) is 0 Å². The number of hydrogen-bond donors (Lipinski definition) is 0. The van der Waals surface area contributed by atoms with Crippen molar-refractivity contribution >= 4 is 38.9 Å². The zero-order valence-corrected chi connectivity index (χ0v) is 11.4. The Bertz CT molecular complexity index is 273. The molecule has 0 aromatic carbocycles. The summed E-state index contributed by atoms with van der Waals surface area (Å²) in [6, 6.07) is 0. The van der Waals surface area contributed by atoms with Crippen LogP contribution in [0, 0.1) is 48.1 Å². The summed E-state index contributed by atoms with van der Waals surface area (Å²) >= 11 is -3.65. The van der Waals surface area contributed by atoms with Gasteiger partial charge in [-0.15, -0.1) is 0 Å². The van der Waals surface area contributed by atoms with Gasteiger partial charge in [0.05, 0.1) is 0 Å². The van der Waals surface area contributed by atoms with Gasteiger partial charge in [0.1, 0.15) is 0 Å². The molecule has 0 bridgehead atoms. The van der Waals surface area contributed by atoms with Crippen molar-refractivity contribution in [3.8, 4) is 21.8 Å². The Kier molecular flexibility index (Phi) is 14.2. The average Bonchev–Trinajstić information content (AvgIpc) is 2.10. The predicted molar refractivity (Wildman–Crippen MR) is 39.6 cm³/mol. The molecule has 0 aliphatic carbocycles. The zero-order valence-electron chi connectivity index (χ0n) is 5.68. The van der Waals surface area contributed by atoms with Gasteiger partial charge in [-0.3, -0.25) is 0 Å². The second kappa shape index (κ2) is 12.6. The Morgan fingerprint density at radius 3 is 1.08 bits per heavy atom. The predicted octanol–water partition coefficient (Wildman–Crippen LogP) is -0.678. The van der Waals surface area contributed by atoms with Gasteiger partial charge in [-0.25, -0.2) is 0 Å². The molecule has 0 saturated heterocycles. The molecule has 0 saturated carbocycles. The van der Waals surface area contributed by atoms with E-state index in [-0.39, 0.29) is 0 Å². The van der Waals surface area contributed by atoms with Gasteiger partial charge < -0.3 is 0 Å². The standard InChI is InChI=1S/C3AsN3.2CN.Pb/c5-1-4(2-6)3-7;2*1-2;. The number of nitriles is 5. The maximum absolute atomic E-state index is 7.90. The van der Waals surface area contributed by atoms with Gasteiger partial charge in [-0.05, 0) is 0 Å². The third-order valence-corrected chi connectivity index (χ3v) is 2.54. The first-order valence-electron chi connectivity index (χ1n) is 2.29. The Hall–Kier alpha value is -1.07. The third kappa shape index (κ3) is 11.7. The number of rotatable bonds is 0. The van der Waals surface area contributed by atoms with Crippen LogP contribution >= 0.6 is 0 Å². The molecule has 7 heteroatoms. The molecule has 0 aliphatic heterocycles. The molecule has 0 atom stereocenters. The third-order valence-electron chi connectivity index (χ3n) is 0.412. The monoisotopic (exact) mass is 413 g/mol. The van der Waals surface area contributed by atoms with Crippen LogP contribution in [0.3, 0.4) is 0 Å². The molecule has 0 N–H and O–H groups in total. The minimum atomic E-state index is -2.31. The summed E-state index contributed by atoms with van der Waals surface area (Å²) in [5, 5.41) is 39.0. The van der Waals surface area contributed by atoms with E-state index in [2.05, 4.69) is 0 Å². The van der Waals surface area contributed by atoms with E-state index in [1.54, 1.807) is 14.6 Å². The number of hydrogen-bond acceptors (Lipinski definition) is 5. The maximum atomic E-state index is 7.90. The van der Waals surface area contributed by atoms with Crippen molar-refractivity contribution in [1.82, 2.24) is 0 Å². The Morgan fingerprint density at radius 2 is 1.08 bits per heavy atom. The van der Waals surface area contributed by atoms with Crippen molar-refractivity contribution in [3.63, 3.8) is 0 Å². The molecule has 0 aliphatic rings. The summed E-state index contributed by atoms with van der Waals surface area (Å²) < 4.78 is 3.70. The molecule has 5 nitrogen and oxygen atoms in total. The van der Waals surface area contributed by atoms with Crippen LogP contribution in [0.2, 0.25) is 0 Å². The molecular weight excluding hydrogens is 412 g/mol. The molecule has 0 aromatic rings. The van der Waals surface area contributed by atoms with E-state index in [1.807, 2.05) is 7.26 Å². The summed E-state index contributed by atoms with van der Waals surface area (Å²) in [4.78, 5) is 4.88. The van der Waals surface area contributed by atoms with E-state index in [1.165, 1.54) is 0 Å². The van der Waals surface area contributed by atoms with Gasteiger partial charge in [0.2, 0.25) is 0 Å². The van der Waals surface area contributed by atoms with E-state index in [4.69, 9.17) is 26.3 Å². The second-order valence-corrected chi connectivity index (χ2v) is 6.36. The van der Waals surface area contributed by atoms with Crippen molar-refractivity contribution in [1.29, 1.82) is 26.3 Å². The van der Waals surface area contributed by atoms with Gasteiger partial charge in [0, 0.05) is 0 Å². The van der Waals surface area contributed by atoms with Gasteiger partial charge in [0.15, 0.2) is 0 Å². The SMILES string of the molecule is N#C[As](C#N)C#N.N#[C][Pb][C]#N. The van der Waals surface area contributed by atoms with Gasteiger partial charge in [-0.1, -0.05) is 0 Å². The molecule has 12 heavy (non-hydrogen) atoms. The molecule has 2 radical (unpaired) electrons. The Labute approximate surface area is 86.5 Å². The van der Waals surface area contributed by atoms with Crippen molar-refractivity contribution < 1.29 is 0 Å². The quantitative estimate of drug-likeness (QED) is 0.489. The van der Waals surface area contributed by atoms with Crippen LogP contribution in [0.5, 0.6) is 0 Å². The summed E-state index contributed by atoms with van der Waals surface area (Å²) in [7, 11) is 0. The van der Waals surface area contributed by atoms with E-state index in [9.17, 15) is 0 Å². The van der Waals surface area contributed by atoms with Gasteiger partial charge in [0.25, 0.3) is 0 Å². The molecule has 54 valence electrons. The number of nitrogens with zero attached hydrogens (tertiary/aromatic N) is 5. The van der Waals surface area contributed by atoms with Gasteiger partial charge >= 0.3 is 87.0 Å². The summed E-state index contributed by atoms with van der Waals surface area (Å²) in [6.45, 7) is 0. The first-order chi connectivity index (χ1) is 5.76. The van der Waals surface area contributed by atoms with E-state index < -0.39 is 38.9 Å². The fourth-order valence-electron chi connectivity index (χ4n) is 0.0921. The minimum absolute atomic E-state index is 1.34. The average molecular weight is 412 g/mol. The molecule has 0 spiro atoms. The van der Waals surface area contributed by atoms with Crippen LogP contribution in [0.25, 0.3) is 0 Å². The van der Waals surface area contributed by atoms with Crippen LogP contribution in [-0.2, 0) is 0 Å². The van der Waals surface area contributed by atoms with E-state index in [0.29, 0.717) is 0 Å². The molecule has 0 amide bonds. The van der Waals surface area contributed by atoms with Crippen LogP contribution in [0.1, 0.15) is 0 Å². The summed E-state index contributed by atoms with van der Waals surface area (Å²) in [5.74, 6) is 0. The second-order valence-electron chi connectivity index (χ2n) is 0.984. The summed E-state index contributed by atoms with van der Waals surface area (Å²) in [6.07, 6.45) is 0. The normalized spacial score (nSPS) is 5.33. The molecule has 0 heterocycles. The van der Waals surface area contributed by atoms with Crippen LogP contribution in [0.15, 0.2) is 0 Å².